The van der Waals surface area contributed by atoms with Gasteiger partial charge in [0.15, 0.2) is 11.5 Å². The Hall–Kier alpha value is -2.60. The lowest BCUT2D eigenvalue weighted by Gasteiger charge is -2.04. The quantitative estimate of drug-likeness (QED) is 0.744. The van der Waals surface area contributed by atoms with Crippen molar-refractivity contribution in [1.29, 1.82) is 0 Å². The van der Waals surface area contributed by atoms with Crippen LogP contribution < -0.4 is 5.32 Å². The van der Waals surface area contributed by atoms with Crippen molar-refractivity contribution in [2.24, 2.45) is 0 Å². The molecule has 0 saturated carbocycles. The average Bonchev–Trinajstić information content (AvgIpc) is 3.06. The van der Waals surface area contributed by atoms with Crippen LogP contribution in [0.3, 0.4) is 0 Å². The number of carbonyl (C=O) groups is 1. The smallest absolute Gasteiger partial charge is 0.277 e. The van der Waals surface area contributed by atoms with Crippen LogP contribution in [-0.2, 0) is 0 Å². The maximum absolute atomic E-state index is 12.2. The maximum Gasteiger partial charge on any atom is 0.277 e. The predicted octanol–water partition coefficient (Wildman–Crippen LogP) is 3.71. The molecule has 6 heteroatoms. The molecule has 3 rings (SSSR count). The predicted molar refractivity (Wildman–Crippen MR) is 85.9 cm³/mol. The summed E-state index contributed by atoms with van der Waals surface area (Å²) >= 11 is 1.61. The summed E-state index contributed by atoms with van der Waals surface area (Å²) < 4.78 is 5.20. The van der Waals surface area contributed by atoms with Gasteiger partial charge in [-0.2, -0.15) is 0 Å². The highest BCUT2D eigenvalue weighted by molar-refractivity contribution is 7.98. The van der Waals surface area contributed by atoms with Gasteiger partial charge in [-0.05, 0) is 36.6 Å². The van der Waals surface area contributed by atoms with Gasteiger partial charge in [-0.3, -0.25) is 9.78 Å². The summed E-state index contributed by atoms with van der Waals surface area (Å²) in [6.45, 7) is 0. The van der Waals surface area contributed by atoms with Gasteiger partial charge in [0, 0.05) is 34.6 Å². The van der Waals surface area contributed by atoms with Crippen molar-refractivity contribution in [3.63, 3.8) is 0 Å². The molecule has 1 amide bonds. The second-order valence-corrected chi connectivity index (χ2v) is 5.38. The first kappa shape index (κ1) is 14.3. The Labute approximate surface area is 131 Å². The fraction of sp³-hybridized carbons (Fsp3) is 0.0625. The van der Waals surface area contributed by atoms with Gasteiger partial charge in [-0.15, -0.1) is 11.8 Å². The number of pyridine rings is 1. The van der Waals surface area contributed by atoms with E-state index in [-0.39, 0.29) is 11.6 Å². The van der Waals surface area contributed by atoms with E-state index in [4.69, 9.17) is 4.52 Å². The summed E-state index contributed by atoms with van der Waals surface area (Å²) in [5, 5.41) is 6.62. The third-order valence-electron chi connectivity index (χ3n) is 3.02. The van der Waals surface area contributed by atoms with E-state index in [0.717, 1.165) is 16.1 Å². The molecular formula is C16H13N3O2S. The number of hydrogen-bond donors (Lipinski definition) is 1. The molecule has 0 aliphatic carbocycles. The number of hydrogen-bond acceptors (Lipinski definition) is 5. The van der Waals surface area contributed by atoms with E-state index in [1.54, 1.807) is 36.3 Å². The minimum absolute atomic E-state index is 0.230. The van der Waals surface area contributed by atoms with Crippen molar-refractivity contribution >= 4 is 23.4 Å². The second-order valence-electron chi connectivity index (χ2n) is 4.50. The Balaban J connectivity index is 1.77. The molecule has 2 heterocycles. The number of rotatable bonds is 4. The molecule has 0 bridgehead atoms. The van der Waals surface area contributed by atoms with Crippen molar-refractivity contribution in [2.45, 2.75) is 4.90 Å². The van der Waals surface area contributed by atoms with E-state index >= 15 is 0 Å². The lowest BCUT2D eigenvalue weighted by Crippen LogP contribution is -2.12. The normalized spacial score (nSPS) is 10.4. The van der Waals surface area contributed by atoms with Crippen LogP contribution in [0.15, 0.2) is 64.3 Å². The molecule has 22 heavy (non-hydrogen) atoms. The molecule has 0 radical (unpaired) electrons. The zero-order chi connectivity index (χ0) is 15.4. The Morgan fingerprint density at radius 2 is 2.14 bits per heavy atom. The molecule has 0 unspecified atom stereocenters. The highest BCUT2D eigenvalue weighted by atomic mass is 32.2. The summed E-state index contributed by atoms with van der Waals surface area (Å²) in [6, 6.07) is 12.9. The monoisotopic (exact) mass is 311 g/mol. The summed E-state index contributed by atoms with van der Waals surface area (Å²) in [7, 11) is 0. The molecule has 0 aliphatic heterocycles. The van der Waals surface area contributed by atoms with E-state index in [1.807, 2.05) is 36.6 Å². The van der Waals surface area contributed by atoms with Crippen molar-refractivity contribution < 1.29 is 9.32 Å². The lowest BCUT2D eigenvalue weighted by molar-refractivity contribution is 0.101. The topological polar surface area (TPSA) is 68.0 Å². The molecule has 2 aromatic heterocycles. The van der Waals surface area contributed by atoms with Crippen molar-refractivity contribution in [3.05, 3.63) is 60.6 Å². The molecule has 0 spiro atoms. The fourth-order valence-corrected chi connectivity index (χ4v) is 2.38. The molecule has 0 aliphatic rings. The third-order valence-corrected chi connectivity index (χ3v) is 3.74. The van der Waals surface area contributed by atoms with E-state index in [1.165, 1.54) is 0 Å². The van der Waals surface area contributed by atoms with Crippen molar-refractivity contribution in [3.8, 4) is 11.3 Å². The summed E-state index contributed by atoms with van der Waals surface area (Å²) in [4.78, 5) is 17.3. The van der Waals surface area contributed by atoms with Crippen LogP contribution in [0.5, 0.6) is 0 Å². The zero-order valence-electron chi connectivity index (χ0n) is 11.8. The third kappa shape index (κ3) is 3.17. The van der Waals surface area contributed by atoms with Gasteiger partial charge >= 0.3 is 0 Å². The molecule has 3 aromatic rings. The number of nitrogens with one attached hydrogen (secondary N) is 1. The van der Waals surface area contributed by atoms with Gasteiger partial charge in [0.05, 0.1) is 0 Å². The second kappa shape index (κ2) is 6.44. The summed E-state index contributed by atoms with van der Waals surface area (Å²) in [6.07, 6.45) is 5.31. The molecule has 0 atom stereocenters. The van der Waals surface area contributed by atoms with Gasteiger partial charge < -0.3 is 9.84 Å². The van der Waals surface area contributed by atoms with Gasteiger partial charge in [-0.25, -0.2) is 0 Å². The lowest BCUT2D eigenvalue weighted by atomic mass is 10.2. The van der Waals surface area contributed by atoms with E-state index in [0.29, 0.717) is 5.76 Å². The van der Waals surface area contributed by atoms with Crippen LogP contribution in [0.4, 0.5) is 5.69 Å². The number of thioether (sulfide) groups is 1. The standard InChI is InChI=1S/C16H13N3O2S/c1-22-13-6-2-5-12(8-13)18-16(20)14-9-15(21-19-14)11-4-3-7-17-10-11/h2-10H,1H3,(H,18,20). The number of carbonyl (C=O) groups excluding carboxylic acids is 1. The van der Waals surface area contributed by atoms with Gasteiger partial charge in [0.25, 0.3) is 5.91 Å². The number of nitrogens with zero attached hydrogens (tertiary/aromatic N) is 2. The highest BCUT2D eigenvalue weighted by Gasteiger charge is 2.14. The maximum atomic E-state index is 12.2. The molecule has 0 saturated heterocycles. The van der Waals surface area contributed by atoms with Crippen LogP contribution in [0.1, 0.15) is 10.5 Å². The van der Waals surface area contributed by atoms with Crippen LogP contribution in [0.25, 0.3) is 11.3 Å². The van der Waals surface area contributed by atoms with Gasteiger partial charge in [0.2, 0.25) is 0 Å². The molecule has 110 valence electrons. The van der Waals surface area contributed by atoms with Gasteiger partial charge in [0.1, 0.15) is 0 Å². The summed E-state index contributed by atoms with van der Waals surface area (Å²) in [5.41, 5.74) is 1.73. The zero-order valence-corrected chi connectivity index (χ0v) is 12.6. The molecule has 5 nitrogen and oxygen atoms in total. The fourth-order valence-electron chi connectivity index (χ4n) is 1.92. The number of amides is 1. The summed E-state index contributed by atoms with van der Waals surface area (Å²) in [5.74, 6) is 0.202. The Kier molecular flexibility index (Phi) is 4.20. The number of benzene rings is 1. The molecule has 1 N–H and O–H groups in total. The first-order valence-electron chi connectivity index (χ1n) is 6.59. The van der Waals surface area contributed by atoms with E-state index in [2.05, 4.69) is 15.5 Å². The van der Waals surface area contributed by atoms with Crippen molar-refractivity contribution in [1.82, 2.24) is 10.1 Å². The Morgan fingerprint density at radius 3 is 2.91 bits per heavy atom. The van der Waals surface area contributed by atoms with Crippen LogP contribution >= 0.6 is 11.8 Å². The Bertz CT molecular complexity index is 787. The molecular weight excluding hydrogens is 298 g/mol. The van der Waals surface area contributed by atoms with Crippen molar-refractivity contribution in [2.75, 3.05) is 11.6 Å². The van der Waals surface area contributed by atoms with Crippen LogP contribution in [0, 0.1) is 0 Å². The first-order chi connectivity index (χ1) is 10.8. The van der Waals surface area contributed by atoms with Crippen LogP contribution in [0.2, 0.25) is 0 Å². The average molecular weight is 311 g/mol. The minimum atomic E-state index is -0.308. The first-order valence-corrected chi connectivity index (χ1v) is 7.81. The SMILES string of the molecule is CSc1cccc(NC(=O)c2cc(-c3cccnc3)on2)c1. The highest BCUT2D eigenvalue weighted by Crippen LogP contribution is 2.21. The number of anilines is 1. The van der Waals surface area contributed by atoms with E-state index < -0.39 is 0 Å². The minimum Gasteiger partial charge on any atom is -0.355 e. The van der Waals surface area contributed by atoms with Gasteiger partial charge in [-0.1, -0.05) is 11.2 Å². The number of aromatic nitrogens is 2. The molecule has 1 aromatic carbocycles. The Morgan fingerprint density at radius 1 is 1.23 bits per heavy atom. The van der Waals surface area contributed by atoms with Crippen LogP contribution in [-0.4, -0.2) is 22.3 Å². The molecule has 0 fully saturated rings. The largest absolute Gasteiger partial charge is 0.355 e. The van der Waals surface area contributed by atoms with E-state index in [9.17, 15) is 4.79 Å².